The van der Waals surface area contributed by atoms with E-state index in [-0.39, 0.29) is 12.8 Å². The summed E-state index contributed by atoms with van der Waals surface area (Å²) < 4.78 is 46.6. The Morgan fingerprint density at radius 1 is 1.15 bits per heavy atom. The number of ether oxygens (including phenoxy) is 2. The second-order valence-electron chi connectivity index (χ2n) is 8.97. The topological polar surface area (TPSA) is 88.1 Å². The normalized spacial score (nSPS) is 31.2. The van der Waals surface area contributed by atoms with Crippen molar-refractivity contribution in [1.29, 1.82) is 0 Å². The Bertz CT molecular complexity index is 620. The van der Waals surface area contributed by atoms with Gasteiger partial charge in [-0.2, -0.15) is 0 Å². The molecular weight excluding hydrogens is 369 g/mol. The van der Waals surface area contributed by atoms with Crippen LogP contribution in [-0.2, 0) is 14.3 Å². The lowest BCUT2D eigenvalue weighted by Gasteiger charge is -2.74. The van der Waals surface area contributed by atoms with Gasteiger partial charge in [0.05, 0.1) is 5.54 Å². The lowest BCUT2D eigenvalue weighted by molar-refractivity contribution is -0.432. The highest BCUT2D eigenvalue weighted by atomic mass is 19.4. The van der Waals surface area contributed by atoms with E-state index < -0.39 is 47.4 Å². The molecule has 0 spiro atoms. The molecule has 4 saturated carbocycles. The van der Waals surface area contributed by atoms with Gasteiger partial charge in [0, 0.05) is 23.9 Å². The number of rotatable bonds is 6. The van der Waals surface area contributed by atoms with Crippen molar-refractivity contribution >= 4 is 12.0 Å². The lowest BCUT2D eigenvalue weighted by atomic mass is 9.43. The van der Waals surface area contributed by atoms with Crippen molar-refractivity contribution in [1.82, 2.24) is 10.2 Å². The molecule has 0 aromatic rings. The molecule has 0 aromatic carbocycles. The number of alkyl halides is 3. The van der Waals surface area contributed by atoms with Crippen molar-refractivity contribution in [2.45, 2.75) is 88.1 Å². The number of nitrogens with zero attached hydrogens (tertiary/aromatic N) is 1. The third-order valence-corrected chi connectivity index (χ3v) is 5.63. The Morgan fingerprint density at radius 2 is 1.70 bits per heavy atom. The molecule has 4 aliphatic carbocycles. The fourth-order valence-corrected chi connectivity index (χ4v) is 4.79. The van der Waals surface area contributed by atoms with Crippen molar-refractivity contribution in [3.8, 4) is 0 Å². The largest absolute Gasteiger partial charge is 0.524 e. The van der Waals surface area contributed by atoms with E-state index in [4.69, 9.17) is 4.74 Å². The number of hydrogen-bond donors (Lipinski definition) is 2. The van der Waals surface area contributed by atoms with Crippen LogP contribution in [0.5, 0.6) is 0 Å². The van der Waals surface area contributed by atoms with Crippen LogP contribution in [0.4, 0.5) is 18.0 Å². The van der Waals surface area contributed by atoms with Crippen molar-refractivity contribution in [2.24, 2.45) is 0 Å². The van der Waals surface area contributed by atoms with Crippen LogP contribution in [0, 0.1) is 0 Å². The smallest absolute Gasteiger partial charge is 0.465 e. The summed E-state index contributed by atoms with van der Waals surface area (Å²) in [5.41, 5.74) is -1.53. The Morgan fingerprint density at radius 3 is 2.07 bits per heavy atom. The highest BCUT2D eigenvalue weighted by Gasteiger charge is 2.73. The van der Waals surface area contributed by atoms with Crippen LogP contribution < -0.4 is 5.32 Å². The Hall–Kier alpha value is -1.55. The molecule has 27 heavy (non-hydrogen) atoms. The van der Waals surface area contributed by atoms with Crippen molar-refractivity contribution in [2.75, 3.05) is 6.61 Å². The minimum absolute atomic E-state index is 0.0905. The van der Waals surface area contributed by atoms with Gasteiger partial charge in [0.25, 0.3) is 0 Å². The molecule has 0 aromatic heterocycles. The van der Waals surface area contributed by atoms with Gasteiger partial charge < -0.3 is 15.2 Å². The first-order valence-electron chi connectivity index (χ1n) is 8.95. The molecule has 4 aliphatic rings. The van der Waals surface area contributed by atoms with Crippen molar-refractivity contribution < 1.29 is 37.3 Å². The van der Waals surface area contributed by atoms with Gasteiger partial charge in [-0.3, -0.25) is 14.4 Å². The van der Waals surface area contributed by atoms with Crippen LogP contribution in [0.25, 0.3) is 0 Å². The fourth-order valence-electron chi connectivity index (χ4n) is 4.79. The average Bonchev–Trinajstić information content (AvgIpc) is 2.34. The summed E-state index contributed by atoms with van der Waals surface area (Å²) in [5.74, 6) is -2.28. The van der Waals surface area contributed by atoms with Crippen LogP contribution >= 0.6 is 0 Å². The summed E-state index contributed by atoms with van der Waals surface area (Å²) in [5, 5.41) is 12.3. The zero-order valence-electron chi connectivity index (χ0n) is 15.6. The molecule has 0 radical (unpaired) electrons. The summed E-state index contributed by atoms with van der Waals surface area (Å²) in [6, 6.07) is 0. The highest BCUT2D eigenvalue weighted by Crippen LogP contribution is 2.64. The minimum Gasteiger partial charge on any atom is -0.465 e. The van der Waals surface area contributed by atoms with E-state index in [1.54, 1.807) is 0 Å². The van der Waals surface area contributed by atoms with Gasteiger partial charge in [-0.1, -0.05) is 0 Å². The van der Waals surface area contributed by atoms with Gasteiger partial charge in [-0.15, -0.1) is 13.2 Å². The van der Waals surface area contributed by atoms with E-state index in [2.05, 4.69) is 10.1 Å². The quantitative estimate of drug-likeness (QED) is 0.677. The van der Waals surface area contributed by atoms with Gasteiger partial charge in [0.2, 0.25) is 5.91 Å². The zero-order chi connectivity index (χ0) is 20.3. The van der Waals surface area contributed by atoms with Crippen LogP contribution in [0.3, 0.4) is 0 Å². The number of carbonyl (C=O) groups is 2. The second-order valence-corrected chi connectivity index (χ2v) is 8.97. The van der Waals surface area contributed by atoms with E-state index >= 15 is 0 Å². The van der Waals surface area contributed by atoms with Crippen molar-refractivity contribution in [3.05, 3.63) is 0 Å². The molecule has 0 unspecified atom stereocenters. The SMILES string of the molecule is CC(C)(C)N(C(=O)O)C12CC(NC(=O)COC3(OC(F)(F)F)CCC3)(C1)C2. The van der Waals surface area contributed by atoms with E-state index in [1.165, 1.54) is 4.90 Å². The maximum absolute atomic E-state index is 12.5. The molecule has 10 heteroatoms. The number of amides is 2. The molecule has 2 N–H and O–H groups in total. The van der Waals surface area contributed by atoms with Crippen molar-refractivity contribution in [3.63, 3.8) is 0 Å². The molecule has 0 atom stereocenters. The number of hydrogen-bond acceptors (Lipinski definition) is 4. The third-order valence-electron chi connectivity index (χ3n) is 5.63. The molecule has 7 nitrogen and oxygen atoms in total. The first-order chi connectivity index (χ1) is 12.2. The predicted molar refractivity (Wildman–Crippen MR) is 86.7 cm³/mol. The van der Waals surface area contributed by atoms with Crippen LogP contribution in [0.2, 0.25) is 0 Å². The second kappa shape index (κ2) is 5.97. The number of carbonyl (C=O) groups excluding carboxylic acids is 1. The molecular formula is C17H25F3N2O5. The Kier molecular flexibility index (Phi) is 4.47. The summed E-state index contributed by atoms with van der Waals surface area (Å²) in [4.78, 5) is 25.2. The molecule has 4 fully saturated rings. The summed E-state index contributed by atoms with van der Waals surface area (Å²) >= 11 is 0. The molecule has 0 aliphatic heterocycles. The van der Waals surface area contributed by atoms with Gasteiger partial charge in [0.1, 0.15) is 6.61 Å². The van der Waals surface area contributed by atoms with Crippen LogP contribution in [0.1, 0.15) is 59.3 Å². The first kappa shape index (κ1) is 20.2. The molecule has 0 saturated heterocycles. The summed E-state index contributed by atoms with van der Waals surface area (Å²) in [6.07, 6.45) is -3.59. The summed E-state index contributed by atoms with van der Waals surface area (Å²) in [6.45, 7) is 4.94. The number of nitrogens with one attached hydrogen (secondary N) is 1. The van der Waals surface area contributed by atoms with Gasteiger partial charge in [-0.05, 0) is 46.5 Å². The number of carboxylic acid groups (broad SMARTS) is 1. The third kappa shape index (κ3) is 3.73. The van der Waals surface area contributed by atoms with E-state index in [0.717, 1.165) is 0 Å². The van der Waals surface area contributed by atoms with Crippen LogP contribution in [-0.4, -0.2) is 57.4 Å². The molecule has 0 heterocycles. The average molecular weight is 394 g/mol. The Labute approximate surface area is 155 Å². The molecule has 2 amide bonds. The van der Waals surface area contributed by atoms with Gasteiger partial charge in [-0.25, -0.2) is 4.79 Å². The van der Waals surface area contributed by atoms with Crippen LogP contribution in [0.15, 0.2) is 0 Å². The Balaban J connectivity index is 1.50. The standard InChI is InChI=1S/C17H25F3N2O5/c1-13(2,3)22(12(24)25)15-8-14(9-15,10-15)21-11(23)7-26-16(5-4-6-16)27-17(18,19)20/h4-10H2,1-3H3,(H,21,23)(H,24,25). The molecule has 2 bridgehead atoms. The fraction of sp³-hybridized carbons (Fsp3) is 0.882. The predicted octanol–water partition coefficient (Wildman–Crippen LogP) is 2.99. The maximum atomic E-state index is 12.5. The first-order valence-corrected chi connectivity index (χ1v) is 8.95. The lowest BCUT2D eigenvalue weighted by Crippen LogP contribution is -2.86. The van der Waals surface area contributed by atoms with E-state index in [0.29, 0.717) is 25.7 Å². The summed E-state index contributed by atoms with van der Waals surface area (Å²) in [7, 11) is 0. The zero-order valence-corrected chi connectivity index (χ0v) is 15.6. The molecule has 154 valence electrons. The number of halogens is 3. The minimum atomic E-state index is -4.82. The van der Waals surface area contributed by atoms with Gasteiger partial charge in [0.15, 0.2) is 5.79 Å². The molecule has 4 rings (SSSR count). The monoisotopic (exact) mass is 394 g/mol. The van der Waals surface area contributed by atoms with Gasteiger partial charge >= 0.3 is 12.5 Å². The van der Waals surface area contributed by atoms with E-state index in [1.807, 2.05) is 20.8 Å². The van der Waals surface area contributed by atoms with E-state index in [9.17, 15) is 27.9 Å². The maximum Gasteiger partial charge on any atom is 0.524 e. The highest BCUT2D eigenvalue weighted by molar-refractivity contribution is 5.79.